The molecule has 182 valence electrons. The maximum absolute atomic E-state index is 5.73. The molecule has 3 aromatic carbocycles. The highest BCUT2D eigenvalue weighted by molar-refractivity contribution is 5.84. The highest BCUT2D eigenvalue weighted by atomic mass is 16.5. The van der Waals surface area contributed by atoms with Gasteiger partial charge in [-0.3, -0.25) is 9.89 Å². The van der Waals surface area contributed by atoms with Crippen molar-refractivity contribution in [2.75, 3.05) is 20.2 Å². The van der Waals surface area contributed by atoms with Crippen LogP contribution in [-0.2, 0) is 5.41 Å². The van der Waals surface area contributed by atoms with Gasteiger partial charge in [0.2, 0.25) is 0 Å². The van der Waals surface area contributed by atoms with E-state index in [-0.39, 0.29) is 11.5 Å². The van der Waals surface area contributed by atoms with Crippen LogP contribution in [0.4, 0.5) is 0 Å². The van der Waals surface area contributed by atoms with E-state index in [1.165, 1.54) is 42.6 Å². The maximum atomic E-state index is 5.73. The SMILES string of the molecule is COc1ccc(C(C)(C)C)cc1/C=N/[C@H]1C2CCN(CC2)C1C(c1ccccc1)c1ccccc1. The van der Waals surface area contributed by atoms with E-state index in [1.54, 1.807) is 7.11 Å². The molecule has 3 heteroatoms. The molecular weight excluding hydrogens is 428 g/mol. The molecule has 0 aromatic heterocycles. The Balaban J connectivity index is 1.56. The van der Waals surface area contributed by atoms with E-state index in [9.17, 15) is 0 Å². The van der Waals surface area contributed by atoms with Gasteiger partial charge in [0.1, 0.15) is 5.75 Å². The molecule has 3 nitrogen and oxygen atoms in total. The highest BCUT2D eigenvalue weighted by Crippen LogP contribution is 2.43. The lowest BCUT2D eigenvalue weighted by Crippen LogP contribution is -2.59. The molecule has 3 aliphatic rings. The minimum atomic E-state index is 0.0821. The van der Waals surface area contributed by atoms with Crippen LogP contribution in [0, 0.1) is 5.92 Å². The van der Waals surface area contributed by atoms with Gasteiger partial charge in [-0.05, 0) is 66.1 Å². The third kappa shape index (κ3) is 4.92. The fourth-order valence-corrected chi connectivity index (χ4v) is 6.05. The number of fused-ring (bicyclic) bond motifs is 3. The molecule has 1 unspecified atom stereocenters. The molecule has 3 aromatic rings. The fourth-order valence-electron chi connectivity index (χ4n) is 6.05. The molecule has 0 saturated carbocycles. The topological polar surface area (TPSA) is 24.8 Å². The van der Waals surface area contributed by atoms with Crippen molar-refractivity contribution in [3.05, 3.63) is 101 Å². The molecule has 0 aliphatic carbocycles. The van der Waals surface area contributed by atoms with Crippen LogP contribution < -0.4 is 4.74 Å². The lowest BCUT2D eigenvalue weighted by atomic mass is 9.71. The van der Waals surface area contributed by atoms with Gasteiger partial charge in [0.05, 0.1) is 13.2 Å². The minimum absolute atomic E-state index is 0.0821. The van der Waals surface area contributed by atoms with Gasteiger partial charge in [-0.1, -0.05) is 87.5 Å². The number of hydrogen-bond acceptors (Lipinski definition) is 3. The van der Waals surface area contributed by atoms with E-state index in [0.29, 0.717) is 17.9 Å². The number of methoxy groups -OCH3 is 1. The lowest BCUT2D eigenvalue weighted by molar-refractivity contribution is 0.0215. The summed E-state index contributed by atoms with van der Waals surface area (Å²) in [6.07, 6.45) is 4.56. The first kappa shape index (κ1) is 23.8. The summed E-state index contributed by atoms with van der Waals surface area (Å²) in [7, 11) is 1.75. The smallest absolute Gasteiger partial charge is 0.127 e. The Hall–Kier alpha value is -2.91. The summed E-state index contributed by atoms with van der Waals surface area (Å²) in [4.78, 5) is 8.08. The summed E-state index contributed by atoms with van der Waals surface area (Å²) in [6.45, 7) is 9.09. The first-order chi connectivity index (χ1) is 17.0. The number of hydrogen-bond donors (Lipinski definition) is 0. The van der Waals surface area contributed by atoms with Crippen LogP contribution in [0.25, 0.3) is 0 Å². The molecule has 2 atom stereocenters. The number of benzene rings is 3. The molecule has 3 fully saturated rings. The van der Waals surface area contributed by atoms with Gasteiger partial charge in [-0.2, -0.15) is 0 Å². The van der Waals surface area contributed by atoms with Crippen LogP contribution >= 0.6 is 0 Å². The van der Waals surface area contributed by atoms with Crippen LogP contribution in [0.3, 0.4) is 0 Å². The second-order valence-corrected chi connectivity index (χ2v) is 11.1. The predicted octanol–water partition coefficient (Wildman–Crippen LogP) is 6.71. The van der Waals surface area contributed by atoms with Crippen molar-refractivity contribution in [1.29, 1.82) is 0 Å². The van der Waals surface area contributed by atoms with Crippen LogP contribution in [0.2, 0.25) is 0 Å². The molecule has 3 saturated heterocycles. The van der Waals surface area contributed by atoms with Gasteiger partial charge in [-0.25, -0.2) is 0 Å². The Morgan fingerprint density at radius 3 is 2.03 bits per heavy atom. The van der Waals surface area contributed by atoms with Crippen molar-refractivity contribution in [2.45, 2.75) is 57.0 Å². The summed E-state index contributed by atoms with van der Waals surface area (Å²) in [5, 5.41) is 0. The molecule has 3 heterocycles. The van der Waals surface area contributed by atoms with Crippen LogP contribution in [0.15, 0.2) is 83.9 Å². The Labute approximate surface area is 210 Å². The Kier molecular flexibility index (Phi) is 6.80. The highest BCUT2D eigenvalue weighted by Gasteiger charge is 2.46. The zero-order valence-corrected chi connectivity index (χ0v) is 21.5. The zero-order chi connectivity index (χ0) is 24.4. The van der Waals surface area contributed by atoms with Gasteiger partial charge in [0, 0.05) is 23.7 Å². The first-order valence-electron chi connectivity index (χ1n) is 13.0. The van der Waals surface area contributed by atoms with Gasteiger partial charge in [-0.15, -0.1) is 0 Å². The van der Waals surface area contributed by atoms with E-state index in [1.807, 2.05) is 0 Å². The van der Waals surface area contributed by atoms with Crippen molar-refractivity contribution in [1.82, 2.24) is 4.90 Å². The lowest BCUT2D eigenvalue weighted by Gasteiger charge is -2.52. The van der Waals surface area contributed by atoms with E-state index in [4.69, 9.17) is 9.73 Å². The molecule has 3 aliphatic heterocycles. The molecule has 2 bridgehead atoms. The number of nitrogens with zero attached hydrogens (tertiary/aromatic N) is 2. The van der Waals surface area contributed by atoms with Crippen LogP contribution in [-0.4, -0.2) is 43.4 Å². The van der Waals surface area contributed by atoms with E-state index in [0.717, 1.165) is 11.3 Å². The van der Waals surface area contributed by atoms with Gasteiger partial charge < -0.3 is 4.74 Å². The predicted molar refractivity (Wildman–Crippen MR) is 146 cm³/mol. The summed E-state index contributed by atoms with van der Waals surface area (Å²) in [5.41, 5.74) is 5.22. The second-order valence-electron chi connectivity index (χ2n) is 11.1. The van der Waals surface area contributed by atoms with E-state index in [2.05, 4.69) is 111 Å². The van der Waals surface area contributed by atoms with Crippen molar-refractivity contribution in [3.8, 4) is 5.75 Å². The summed E-state index contributed by atoms with van der Waals surface area (Å²) >= 11 is 0. The molecular formula is C32H38N2O. The number of aliphatic imine (C=N–C) groups is 1. The monoisotopic (exact) mass is 466 g/mol. The van der Waals surface area contributed by atoms with E-state index < -0.39 is 0 Å². The Morgan fingerprint density at radius 2 is 1.49 bits per heavy atom. The van der Waals surface area contributed by atoms with Crippen molar-refractivity contribution in [2.24, 2.45) is 10.9 Å². The molecule has 6 rings (SSSR count). The molecule has 0 radical (unpaired) electrons. The fraction of sp³-hybridized carbons (Fsp3) is 0.406. The number of rotatable bonds is 6. The van der Waals surface area contributed by atoms with Crippen LogP contribution in [0.1, 0.15) is 61.8 Å². The first-order valence-corrected chi connectivity index (χ1v) is 13.0. The van der Waals surface area contributed by atoms with Gasteiger partial charge in [0.25, 0.3) is 0 Å². The van der Waals surface area contributed by atoms with Crippen LogP contribution in [0.5, 0.6) is 5.75 Å². The maximum Gasteiger partial charge on any atom is 0.127 e. The standard InChI is InChI=1S/C32H38N2O/c1-32(2,3)27-15-16-28(35-4)26(21-27)22-33-30-25-17-19-34(20-18-25)31(30)29(23-11-7-5-8-12-23)24-13-9-6-10-14-24/h5-16,21-22,25,29-31H,17-20H2,1-4H3/b33-22+/t30-,31?/m0/s1. The van der Waals surface area contributed by atoms with Crippen molar-refractivity contribution < 1.29 is 4.74 Å². The van der Waals surface area contributed by atoms with Crippen molar-refractivity contribution in [3.63, 3.8) is 0 Å². The Morgan fingerprint density at radius 1 is 0.886 bits per heavy atom. The molecule has 0 N–H and O–H groups in total. The molecule has 0 spiro atoms. The van der Waals surface area contributed by atoms with Gasteiger partial charge in [0.15, 0.2) is 0 Å². The second kappa shape index (κ2) is 9.99. The molecule has 0 amide bonds. The van der Waals surface area contributed by atoms with Crippen molar-refractivity contribution >= 4 is 6.21 Å². The molecule has 35 heavy (non-hydrogen) atoms. The summed E-state index contributed by atoms with van der Waals surface area (Å²) in [6, 6.07) is 29.2. The summed E-state index contributed by atoms with van der Waals surface area (Å²) in [5.74, 6) is 1.81. The van der Waals surface area contributed by atoms with E-state index >= 15 is 0 Å². The van der Waals surface area contributed by atoms with Gasteiger partial charge >= 0.3 is 0 Å². The Bertz CT molecular complexity index is 1100. The summed E-state index contributed by atoms with van der Waals surface area (Å²) < 4.78 is 5.73. The quantitative estimate of drug-likeness (QED) is 0.377. The largest absolute Gasteiger partial charge is 0.496 e. The third-order valence-electron chi connectivity index (χ3n) is 7.97. The number of ether oxygens (including phenoxy) is 1. The third-order valence-corrected chi connectivity index (χ3v) is 7.97. The number of piperidine rings is 3. The zero-order valence-electron chi connectivity index (χ0n) is 21.5. The normalized spacial score (nSPS) is 24.3. The average molecular weight is 467 g/mol. The average Bonchev–Trinajstić information content (AvgIpc) is 2.89. The minimum Gasteiger partial charge on any atom is -0.496 e.